The summed E-state index contributed by atoms with van der Waals surface area (Å²) in [5, 5.41) is 18.1. The van der Waals surface area contributed by atoms with Gasteiger partial charge >= 0.3 is 0 Å². The smallest absolute Gasteiger partial charge is 0.262 e. The molecule has 20 heavy (non-hydrogen) atoms. The number of pyridine rings is 1. The molecule has 11 heteroatoms. The molecule has 0 bridgehead atoms. The van der Waals surface area contributed by atoms with Crippen LogP contribution in [0.5, 0.6) is 0 Å². The predicted molar refractivity (Wildman–Crippen MR) is 72.0 cm³/mol. The first-order valence-corrected chi connectivity index (χ1v) is 6.38. The molecule has 0 aromatic carbocycles. The highest BCUT2D eigenvalue weighted by Gasteiger charge is 2.05. The highest BCUT2D eigenvalue weighted by atomic mass is 35.5. The number of rotatable bonds is 4. The van der Waals surface area contributed by atoms with Crippen LogP contribution in [0.1, 0.15) is 5.56 Å². The molecule has 0 N–H and O–H groups in total. The van der Waals surface area contributed by atoms with Crippen molar-refractivity contribution in [2.24, 2.45) is 10.2 Å². The minimum absolute atomic E-state index is 0.0945. The molecular formula is C9H6ClN7O2S. The van der Waals surface area contributed by atoms with Crippen molar-refractivity contribution in [2.75, 3.05) is 0 Å². The van der Waals surface area contributed by atoms with Crippen molar-refractivity contribution >= 4 is 28.6 Å². The van der Waals surface area contributed by atoms with E-state index in [1.807, 2.05) is 0 Å². The van der Waals surface area contributed by atoms with Crippen LogP contribution in [0.4, 0.5) is 5.69 Å². The summed E-state index contributed by atoms with van der Waals surface area (Å²) in [6.07, 6.45) is 3.16. The molecule has 0 amide bonds. The SMILES string of the molecule is [N-]=[N+]=Nc1cc(Cn2ccs/c2=N\[N+](=O)[O-])cnc1Cl. The molecule has 0 unspecified atom stereocenters. The topological polar surface area (TPSA) is 122 Å². The number of thiazole rings is 1. The number of azide groups is 1. The van der Waals surface area contributed by atoms with Gasteiger partial charge in [-0.1, -0.05) is 28.1 Å². The molecule has 0 spiro atoms. The molecular weight excluding hydrogens is 306 g/mol. The second-order valence-electron chi connectivity index (χ2n) is 3.49. The van der Waals surface area contributed by atoms with Crippen molar-refractivity contribution in [1.29, 1.82) is 0 Å². The summed E-state index contributed by atoms with van der Waals surface area (Å²) in [6, 6.07) is 1.57. The normalized spacial score (nSPS) is 11.2. The van der Waals surface area contributed by atoms with Crippen LogP contribution in [0.2, 0.25) is 5.15 Å². The first kappa shape index (κ1) is 14.0. The Morgan fingerprint density at radius 2 is 2.45 bits per heavy atom. The maximum atomic E-state index is 10.4. The molecule has 102 valence electrons. The Morgan fingerprint density at radius 1 is 1.65 bits per heavy atom. The molecule has 0 radical (unpaired) electrons. The van der Waals surface area contributed by atoms with Gasteiger partial charge in [-0.2, -0.15) is 0 Å². The lowest BCUT2D eigenvalue weighted by Gasteiger charge is -2.04. The largest absolute Gasteiger partial charge is 0.314 e. The molecule has 0 fully saturated rings. The molecule has 9 nitrogen and oxygen atoms in total. The van der Waals surface area contributed by atoms with Crippen molar-refractivity contribution in [1.82, 2.24) is 9.55 Å². The number of nitro groups is 1. The van der Waals surface area contributed by atoms with E-state index in [-0.39, 0.29) is 15.6 Å². The summed E-state index contributed by atoms with van der Waals surface area (Å²) in [7, 11) is 0. The second-order valence-corrected chi connectivity index (χ2v) is 4.73. The maximum absolute atomic E-state index is 10.4. The van der Waals surface area contributed by atoms with Crippen LogP contribution in [-0.4, -0.2) is 14.6 Å². The van der Waals surface area contributed by atoms with Crippen molar-refractivity contribution in [3.8, 4) is 0 Å². The van der Waals surface area contributed by atoms with E-state index in [2.05, 4.69) is 20.1 Å². The van der Waals surface area contributed by atoms with Gasteiger partial charge in [-0.05, 0) is 17.2 Å². The summed E-state index contributed by atoms with van der Waals surface area (Å²) in [4.78, 5) is 17.2. The standard InChI is InChI=1S/C9H6ClN7O2S/c10-8-7(13-15-11)3-6(4-12-8)5-16-1-2-20-9(16)14-17(18)19/h1-4H,5H2/b14-9-. The van der Waals surface area contributed by atoms with Gasteiger partial charge in [0.2, 0.25) is 0 Å². The lowest BCUT2D eigenvalue weighted by Crippen LogP contribution is -2.16. The molecule has 0 saturated carbocycles. The van der Waals surface area contributed by atoms with Gasteiger partial charge in [0.1, 0.15) is 5.15 Å². The van der Waals surface area contributed by atoms with Crippen LogP contribution in [0, 0.1) is 10.1 Å². The Morgan fingerprint density at radius 3 is 3.15 bits per heavy atom. The molecule has 0 atom stereocenters. The van der Waals surface area contributed by atoms with Gasteiger partial charge in [0.25, 0.3) is 4.80 Å². The fourth-order valence-corrected chi connectivity index (χ4v) is 2.29. The molecule has 0 aliphatic carbocycles. The third-order valence-electron chi connectivity index (χ3n) is 2.21. The molecule has 0 saturated heterocycles. The van der Waals surface area contributed by atoms with Crippen molar-refractivity contribution < 1.29 is 5.03 Å². The zero-order valence-corrected chi connectivity index (χ0v) is 11.3. The number of nitrogens with zero attached hydrogens (tertiary/aromatic N) is 7. The van der Waals surface area contributed by atoms with Gasteiger partial charge in [0.15, 0.2) is 5.03 Å². The molecule has 0 aliphatic rings. The van der Waals surface area contributed by atoms with Gasteiger partial charge in [0, 0.05) is 22.7 Å². The number of halogens is 1. The van der Waals surface area contributed by atoms with Gasteiger partial charge < -0.3 is 4.57 Å². The van der Waals surface area contributed by atoms with E-state index in [1.165, 1.54) is 6.20 Å². The molecule has 0 aliphatic heterocycles. The predicted octanol–water partition coefficient (Wildman–Crippen LogP) is 2.68. The van der Waals surface area contributed by atoms with Crippen LogP contribution in [0.3, 0.4) is 0 Å². The molecule has 2 aromatic rings. The average Bonchev–Trinajstić information content (AvgIpc) is 2.80. The lowest BCUT2D eigenvalue weighted by molar-refractivity contribution is -0.490. The zero-order valence-electron chi connectivity index (χ0n) is 9.75. The minimum atomic E-state index is -0.756. The molecule has 2 heterocycles. The van der Waals surface area contributed by atoms with E-state index in [0.29, 0.717) is 12.1 Å². The maximum Gasteiger partial charge on any atom is 0.262 e. The van der Waals surface area contributed by atoms with Crippen LogP contribution >= 0.6 is 22.9 Å². The van der Waals surface area contributed by atoms with E-state index < -0.39 is 5.03 Å². The van der Waals surface area contributed by atoms with Crippen LogP contribution in [0.25, 0.3) is 10.4 Å². The number of hydrogen-bond acceptors (Lipinski definition) is 5. The summed E-state index contributed by atoms with van der Waals surface area (Å²) in [6.45, 7) is 0.300. The third kappa shape index (κ3) is 3.32. The Bertz CT molecular complexity index is 762. The van der Waals surface area contributed by atoms with E-state index in [1.54, 1.807) is 22.2 Å². The third-order valence-corrected chi connectivity index (χ3v) is 3.29. The Labute approximate surface area is 120 Å². The minimum Gasteiger partial charge on any atom is -0.314 e. The fraction of sp³-hybridized carbons (Fsp3) is 0.111. The number of hydrogen-bond donors (Lipinski definition) is 0. The van der Waals surface area contributed by atoms with Crippen LogP contribution < -0.4 is 4.80 Å². The molecule has 2 aromatic heterocycles. The van der Waals surface area contributed by atoms with Crippen molar-refractivity contribution in [3.05, 3.63) is 59.9 Å². The van der Waals surface area contributed by atoms with E-state index in [4.69, 9.17) is 17.1 Å². The Hall–Kier alpha value is -2.42. The second kappa shape index (κ2) is 6.15. The van der Waals surface area contributed by atoms with Gasteiger partial charge in [0.05, 0.1) is 17.3 Å². The quantitative estimate of drug-likeness (QED) is 0.215. The van der Waals surface area contributed by atoms with Gasteiger partial charge in [-0.15, -0.1) is 0 Å². The number of aromatic nitrogens is 2. The fourth-order valence-electron chi connectivity index (χ4n) is 1.45. The lowest BCUT2D eigenvalue weighted by atomic mass is 10.2. The summed E-state index contributed by atoms with van der Waals surface area (Å²) < 4.78 is 1.58. The van der Waals surface area contributed by atoms with Crippen molar-refractivity contribution in [3.63, 3.8) is 0 Å². The van der Waals surface area contributed by atoms with E-state index in [9.17, 15) is 10.1 Å². The summed E-state index contributed by atoms with van der Waals surface area (Å²) in [5.41, 5.74) is 9.30. The van der Waals surface area contributed by atoms with E-state index >= 15 is 0 Å². The monoisotopic (exact) mass is 311 g/mol. The van der Waals surface area contributed by atoms with E-state index in [0.717, 1.165) is 11.3 Å². The zero-order chi connectivity index (χ0) is 14.5. The highest BCUT2D eigenvalue weighted by molar-refractivity contribution is 7.07. The van der Waals surface area contributed by atoms with Crippen LogP contribution in [0.15, 0.2) is 34.1 Å². The first-order valence-electron chi connectivity index (χ1n) is 5.12. The van der Waals surface area contributed by atoms with Crippen LogP contribution in [-0.2, 0) is 6.54 Å². The highest BCUT2D eigenvalue weighted by Crippen LogP contribution is 2.23. The first-order chi connectivity index (χ1) is 9.60. The average molecular weight is 312 g/mol. The van der Waals surface area contributed by atoms with Gasteiger partial charge in [-0.25, -0.2) is 15.1 Å². The summed E-state index contributed by atoms with van der Waals surface area (Å²) >= 11 is 6.91. The van der Waals surface area contributed by atoms with Crippen molar-refractivity contribution in [2.45, 2.75) is 6.54 Å². The molecule has 2 rings (SSSR count). The Balaban J connectivity index is 2.36. The Kier molecular flexibility index (Phi) is 4.31. The van der Waals surface area contributed by atoms with Gasteiger partial charge in [-0.3, -0.25) is 0 Å². The summed E-state index contributed by atoms with van der Waals surface area (Å²) in [5.74, 6) is 0.